The Kier molecular flexibility index (Phi) is 1.89. The van der Waals surface area contributed by atoms with Gasteiger partial charge < -0.3 is 4.74 Å². The second-order valence-electron chi connectivity index (χ2n) is 3.40. The number of fused-ring (bicyclic) bond motifs is 2. The van der Waals surface area contributed by atoms with Gasteiger partial charge in [-0.25, -0.2) is 0 Å². The first-order valence-electron chi connectivity index (χ1n) is 4.33. The molecule has 12 heavy (non-hydrogen) atoms. The Bertz CT molecular complexity index is 225. The number of methoxy groups -OCH3 is 1. The number of esters is 1. The molecule has 0 aromatic rings. The molecule has 0 spiro atoms. The van der Waals surface area contributed by atoms with Crippen molar-refractivity contribution >= 4 is 5.97 Å². The maximum Gasteiger partial charge on any atom is 0.323 e. The maximum absolute atomic E-state index is 11.2. The fraction of sp³-hybridized carbons (Fsp3) is 0.667. The third-order valence-corrected chi connectivity index (χ3v) is 2.68. The molecule has 3 atom stereocenters. The SMILES string of the molecule is COC(=O)[C@H]1N[C@H]2C=C[C@H]1CC2. The van der Waals surface area contributed by atoms with Crippen molar-refractivity contribution < 1.29 is 9.53 Å². The fourth-order valence-electron chi connectivity index (χ4n) is 1.98. The van der Waals surface area contributed by atoms with E-state index in [-0.39, 0.29) is 12.0 Å². The van der Waals surface area contributed by atoms with E-state index in [4.69, 9.17) is 4.74 Å². The van der Waals surface area contributed by atoms with E-state index in [2.05, 4.69) is 17.5 Å². The highest BCUT2D eigenvalue weighted by Crippen LogP contribution is 2.27. The number of carbonyl (C=O) groups excluding carboxylic acids is 1. The summed E-state index contributed by atoms with van der Waals surface area (Å²) in [6.07, 6.45) is 6.53. The van der Waals surface area contributed by atoms with Crippen LogP contribution in [0, 0.1) is 5.92 Å². The van der Waals surface area contributed by atoms with Gasteiger partial charge in [0, 0.05) is 12.0 Å². The maximum atomic E-state index is 11.2. The molecule has 3 nitrogen and oxygen atoms in total. The second kappa shape index (κ2) is 2.90. The van der Waals surface area contributed by atoms with E-state index in [1.54, 1.807) is 0 Å². The van der Waals surface area contributed by atoms with Crippen molar-refractivity contribution in [3.8, 4) is 0 Å². The molecule has 0 amide bonds. The van der Waals surface area contributed by atoms with Gasteiger partial charge in [-0.15, -0.1) is 0 Å². The third-order valence-electron chi connectivity index (χ3n) is 2.68. The highest BCUT2D eigenvalue weighted by atomic mass is 16.5. The summed E-state index contributed by atoms with van der Waals surface area (Å²) in [5.74, 6) is 0.219. The van der Waals surface area contributed by atoms with Crippen molar-refractivity contribution in [2.45, 2.75) is 24.9 Å². The first kappa shape index (κ1) is 7.80. The zero-order chi connectivity index (χ0) is 8.55. The van der Waals surface area contributed by atoms with Crippen LogP contribution in [-0.4, -0.2) is 25.2 Å². The molecule has 66 valence electrons. The average molecular weight is 167 g/mol. The molecule has 0 radical (unpaired) electrons. The van der Waals surface area contributed by atoms with Crippen LogP contribution in [0.2, 0.25) is 0 Å². The monoisotopic (exact) mass is 167 g/mol. The Labute approximate surface area is 71.8 Å². The van der Waals surface area contributed by atoms with E-state index in [9.17, 15) is 4.79 Å². The summed E-state index contributed by atoms with van der Waals surface area (Å²) < 4.78 is 4.71. The molecule has 1 saturated heterocycles. The van der Waals surface area contributed by atoms with Crippen molar-refractivity contribution in [1.82, 2.24) is 5.32 Å². The van der Waals surface area contributed by atoms with E-state index < -0.39 is 0 Å². The van der Waals surface area contributed by atoms with E-state index in [1.165, 1.54) is 7.11 Å². The molecule has 1 fully saturated rings. The van der Waals surface area contributed by atoms with Crippen LogP contribution in [0.1, 0.15) is 12.8 Å². The van der Waals surface area contributed by atoms with Crippen molar-refractivity contribution in [3.63, 3.8) is 0 Å². The molecule has 0 unspecified atom stereocenters. The van der Waals surface area contributed by atoms with Gasteiger partial charge in [0.15, 0.2) is 0 Å². The minimum absolute atomic E-state index is 0.0984. The molecule has 0 aromatic heterocycles. The van der Waals surface area contributed by atoms with Crippen LogP contribution in [0.4, 0.5) is 0 Å². The lowest BCUT2D eigenvalue weighted by Crippen LogP contribution is -2.53. The van der Waals surface area contributed by atoms with E-state index in [1.807, 2.05) is 0 Å². The van der Waals surface area contributed by atoms with Gasteiger partial charge in [0.1, 0.15) is 6.04 Å². The topological polar surface area (TPSA) is 38.3 Å². The van der Waals surface area contributed by atoms with E-state index in [0.717, 1.165) is 12.8 Å². The van der Waals surface area contributed by atoms with E-state index >= 15 is 0 Å². The summed E-state index contributed by atoms with van der Waals surface area (Å²) in [6.45, 7) is 0. The van der Waals surface area contributed by atoms with Gasteiger partial charge in [-0.05, 0) is 12.8 Å². The zero-order valence-electron chi connectivity index (χ0n) is 7.12. The quantitative estimate of drug-likeness (QED) is 0.455. The van der Waals surface area contributed by atoms with Crippen LogP contribution >= 0.6 is 0 Å². The molecule has 1 aliphatic carbocycles. The lowest BCUT2D eigenvalue weighted by molar-refractivity contribution is -0.145. The van der Waals surface area contributed by atoms with Crippen LogP contribution in [0.25, 0.3) is 0 Å². The summed E-state index contributed by atoms with van der Waals surface area (Å²) in [6, 6.07) is 0.290. The Hall–Kier alpha value is -0.830. The summed E-state index contributed by atoms with van der Waals surface area (Å²) >= 11 is 0. The number of carbonyl (C=O) groups is 1. The zero-order valence-corrected chi connectivity index (χ0v) is 7.12. The molecule has 2 heterocycles. The second-order valence-corrected chi connectivity index (χ2v) is 3.40. The predicted molar refractivity (Wildman–Crippen MR) is 44.6 cm³/mol. The number of nitrogens with one attached hydrogen (secondary N) is 1. The Balaban J connectivity index is 2.11. The molecule has 0 saturated carbocycles. The first-order chi connectivity index (χ1) is 5.81. The summed E-state index contributed by atoms with van der Waals surface area (Å²) in [7, 11) is 1.44. The Morgan fingerprint density at radius 3 is 2.75 bits per heavy atom. The van der Waals surface area contributed by atoms with Gasteiger partial charge in [0.05, 0.1) is 7.11 Å². The standard InChI is InChI=1S/C9H13NO2/c1-12-9(11)8-6-2-4-7(10-8)5-3-6/h2,4,6-8,10H,3,5H2,1H3/t6-,7-,8-/m0/s1. The van der Waals surface area contributed by atoms with Gasteiger partial charge >= 0.3 is 5.97 Å². The number of piperidine rings is 1. The summed E-state index contributed by atoms with van der Waals surface area (Å²) in [5, 5.41) is 3.24. The predicted octanol–water partition coefficient (Wildman–Crippen LogP) is 0.466. The molecule has 3 rings (SSSR count). The fourth-order valence-corrected chi connectivity index (χ4v) is 1.98. The smallest absolute Gasteiger partial charge is 0.323 e. The highest BCUT2D eigenvalue weighted by Gasteiger charge is 2.36. The van der Waals surface area contributed by atoms with Crippen molar-refractivity contribution in [2.24, 2.45) is 5.92 Å². The average Bonchev–Trinajstić information content (AvgIpc) is 2.18. The normalized spacial score (nSPS) is 38.2. The summed E-state index contributed by atoms with van der Waals surface area (Å²) in [4.78, 5) is 11.2. The molecule has 2 bridgehead atoms. The van der Waals surface area contributed by atoms with Crippen LogP contribution in [0.15, 0.2) is 12.2 Å². The molecule has 1 N–H and O–H groups in total. The molecule has 3 aliphatic rings. The van der Waals surface area contributed by atoms with Crippen LogP contribution in [-0.2, 0) is 9.53 Å². The number of hydrogen-bond donors (Lipinski definition) is 1. The Morgan fingerprint density at radius 1 is 1.50 bits per heavy atom. The first-order valence-corrected chi connectivity index (χ1v) is 4.33. The van der Waals surface area contributed by atoms with Crippen LogP contribution in [0.5, 0.6) is 0 Å². The van der Waals surface area contributed by atoms with Crippen LogP contribution < -0.4 is 5.32 Å². The van der Waals surface area contributed by atoms with Crippen LogP contribution in [0.3, 0.4) is 0 Å². The van der Waals surface area contributed by atoms with Gasteiger partial charge in [0.25, 0.3) is 0 Å². The van der Waals surface area contributed by atoms with Gasteiger partial charge in [-0.1, -0.05) is 12.2 Å². The van der Waals surface area contributed by atoms with E-state index in [0.29, 0.717) is 12.0 Å². The lowest BCUT2D eigenvalue weighted by Gasteiger charge is -2.37. The number of ether oxygens (including phenoxy) is 1. The minimum atomic E-state index is -0.131. The molecule has 0 aromatic carbocycles. The molecular formula is C9H13NO2. The van der Waals surface area contributed by atoms with Gasteiger partial charge in [-0.2, -0.15) is 0 Å². The van der Waals surface area contributed by atoms with Gasteiger partial charge in [0.2, 0.25) is 0 Å². The number of hydrogen-bond acceptors (Lipinski definition) is 3. The minimum Gasteiger partial charge on any atom is -0.468 e. The highest BCUT2D eigenvalue weighted by molar-refractivity contribution is 5.77. The molecule has 2 aliphatic heterocycles. The third kappa shape index (κ3) is 1.14. The lowest BCUT2D eigenvalue weighted by atomic mass is 9.82. The largest absolute Gasteiger partial charge is 0.468 e. The molecule has 3 heteroatoms. The Morgan fingerprint density at radius 2 is 2.33 bits per heavy atom. The van der Waals surface area contributed by atoms with Gasteiger partial charge in [-0.3, -0.25) is 10.1 Å². The molecular weight excluding hydrogens is 154 g/mol. The summed E-state index contributed by atoms with van der Waals surface area (Å²) in [5.41, 5.74) is 0. The van der Waals surface area contributed by atoms with Crippen molar-refractivity contribution in [2.75, 3.05) is 7.11 Å². The van der Waals surface area contributed by atoms with Crippen molar-refractivity contribution in [3.05, 3.63) is 12.2 Å². The number of rotatable bonds is 1. The van der Waals surface area contributed by atoms with Crippen molar-refractivity contribution in [1.29, 1.82) is 0 Å².